The van der Waals surface area contributed by atoms with Crippen LogP contribution in [-0.4, -0.2) is 24.4 Å². The molecule has 1 aromatic rings. The number of alkyl halides is 3. The summed E-state index contributed by atoms with van der Waals surface area (Å²) in [4.78, 5) is 12.0. The van der Waals surface area contributed by atoms with Crippen LogP contribution in [0.3, 0.4) is 0 Å². The number of carbonyl (C=O) groups is 1. The van der Waals surface area contributed by atoms with Crippen molar-refractivity contribution in [1.82, 2.24) is 5.32 Å². The zero-order chi connectivity index (χ0) is 17.6. The molecule has 2 rings (SSSR count). The molecule has 1 aliphatic rings. The van der Waals surface area contributed by atoms with Crippen LogP contribution >= 0.6 is 0 Å². The van der Waals surface area contributed by atoms with Gasteiger partial charge in [0, 0.05) is 5.69 Å². The van der Waals surface area contributed by atoms with Crippen molar-refractivity contribution < 1.29 is 22.7 Å². The van der Waals surface area contributed by atoms with Crippen molar-refractivity contribution in [2.24, 2.45) is 0 Å². The van der Waals surface area contributed by atoms with Crippen LogP contribution in [0.1, 0.15) is 32.1 Å². The molecule has 5 nitrogen and oxygen atoms in total. The molecule has 1 fully saturated rings. The molecule has 8 heteroatoms. The van der Waals surface area contributed by atoms with Gasteiger partial charge in [-0.05, 0) is 37.1 Å². The minimum atomic E-state index is -4.74. The Hall–Kier alpha value is -2.43. The van der Waals surface area contributed by atoms with Gasteiger partial charge in [-0.3, -0.25) is 4.79 Å². The lowest BCUT2D eigenvalue weighted by Gasteiger charge is -2.31. The van der Waals surface area contributed by atoms with Crippen molar-refractivity contribution in [3.63, 3.8) is 0 Å². The third-order valence-electron chi connectivity index (χ3n) is 3.84. The lowest BCUT2D eigenvalue weighted by atomic mass is 9.83. The molecule has 0 aliphatic heterocycles. The molecule has 1 saturated carbocycles. The normalized spacial score (nSPS) is 16.8. The summed E-state index contributed by atoms with van der Waals surface area (Å²) in [5.74, 6) is -0.655. The van der Waals surface area contributed by atoms with E-state index in [9.17, 15) is 23.2 Å². The number of benzene rings is 1. The summed E-state index contributed by atoms with van der Waals surface area (Å²) in [6, 6.07) is 7.28. The molecule has 24 heavy (non-hydrogen) atoms. The van der Waals surface area contributed by atoms with Crippen molar-refractivity contribution >= 4 is 11.6 Å². The summed E-state index contributed by atoms with van der Waals surface area (Å²) in [6.07, 6.45) is -0.592. The van der Waals surface area contributed by atoms with Gasteiger partial charge in [0.2, 0.25) is 5.91 Å². The van der Waals surface area contributed by atoms with E-state index < -0.39 is 11.9 Å². The standard InChI is InChI=1S/C16H18F3N3O2/c17-16(18,19)24-13-6-4-12(5-7-13)21-10-14(23)22-15(11-20)8-2-1-3-9-15/h4-7,21H,1-3,8-10H2,(H,22,23). The molecule has 0 saturated heterocycles. The molecule has 0 atom stereocenters. The van der Waals surface area contributed by atoms with E-state index in [2.05, 4.69) is 21.4 Å². The molecule has 0 unspecified atom stereocenters. The maximum atomic E-state index is 12.1. The van der Waals surface area contributed by atoms with Crippen LogP contribution in [-0.2, 0) is 4.79 Å². The molecule has 130 valence electrons. The first-order valence-corrected chi connectivity index (χ1v) is 7.64. The fourth-order valence-electron chi connectivity index (χ4n) is 2.69. The fraction of sp³-hybridized carbons (Fsp3) is 0.500. The predicted molar refractivity (Wildman–Crippen MR) is 81.2 cm³/mol. The Kier molecular flexibility index (Phi) is 5.54. The Balaban J connectivity index is 1.84. The van der Waals surface area contributed by atoms with Gasteiger partial charge in [0.05, 0.1) is 12.6 Å². The summed E-state index contributed by atoms with van der Waals surface area (Å²) < 4.78 is 40.0. The molecule has 1 aliphatic carbocycles. The maximum absolute atomic E-state index is 12.1. The van der Waals surface area contributed by atoms with Gasteiger partial charge in [-0.15, -0.1) is 13.2 Å². The fourth-order valence-corrected chi connectivity index (χ4v) is 2.69. The van der Waals surface area contributed by atoms with Crippen LogP contribution in [0.5, 0.6) is 5.75 Å². The Morgan fingerprint density at radius 2 is 1.83 bits per heavy atom. The van der Waals surface area contributed by atoms with Gasteiger partial charge in [0.1, 0.15) is 11.3 Å². The Bertz CT molecular complexity index is 602. The minimum absolute atomic E-state index is 0.0666. The number of nitriles is 1. The van der Waals surface area contributed by atoms with Crippen molar-refractivity contribution in [3.05, 3.63) is 24.3 Å². The summed E-state index contributed by atoms with van der Waals surface area (Å²) in [7, 11) is 0. The van der Waals surface area contributed by atoms with Crippen LogP contribution in [0.15, 0.2) is 24.3 Å². The number of anilines is 1. The molecule has 2 N–H and O–H groups in total. The van der Waals surface area contributed by atoms with Crippen LogP contribution in [0.2, 0.25) is 0 Å². The summed E-state index contributed by atoms with van der Waals surface area (Å²) >= 11 is 0. The predicted octanol–water partition coefficient (Wildman–Crippen LogP) is 3.34. The largest absolute Gasteiger partial charge is 0.573 e. The van der Waals surface area contributed by atoms with E-state index in [4.69, 9.17) is 0 Å². The summed E-state index contributed by atoms with van der Waals surface area (Å²) in [6.45, 7) is -0.0666. The Morgan fingerprint density at radius 1 is 1.21 bits per heavy atom. The van der Waals surface area contributed by atoms with Gasteiger partial charge in [-0.25, -0.2) is 0 Å². The summed E-state index contributed by atoms with van der Waals surface area (Å²) in [5.41, 5.74) is -0.323. The molecule has 0 radical (unpaired) electrons. The van der Waals surface area contributed by atoms with E-state index in [1.165, 1.54) is 12.1 Å². The lowest BCUT2D eigenvalue weighted by molar-refractivity contribution is -0.274. The number of rotatable bonds is 5. The van der Waals surface area contributed by atoms with Gasteiger partial charge in [-0.1, -0.05) is 19.3 Å². The zero-order valence-electron chi connectivity index (χ0n) is 12.9. The van der Waals surface area contributed by atoms with Crippen LogP contribution in [0.4, 0.5) is 18.9 Å². The Morgan fingerprint density at radius 3 is 2.38 bits per heavy atom. The molecule has 0 aromatic heterocycles. The number of ether oxygens (including phenoxy) is 1. The highest BCUT2D eigenvalue weighted by Crippen LogP contribution is 2.27. The first-order chi connectivity index (χ1) is 11.3. The molecule has 0 heterocycles. The number of hydrogen-bond acceptors (Lipinski definition) is 4. The van der Waals surface area contributed by atoms with Gasteiger partial charge in [0.15, 0.2) is 0 Å². The van der Waals surface area contributed by atoms with E-state index >= 15 is 0 Å². The van der Waals surface area contributed by atoms with Gasteiger partial charge < -0.3 is 15.4 Å². The lowest BCUT2D eigenvalue weighted by Crippen LogP contribution is -2.50. The first kappa shape index (κ1) is 17.9. The van der Waals surface area contributed by atoms with Gasteiger partial charge >= 0.3 is 6.36 Å². The second-order valence-electron chi connectivity index (χ2n) is 5.73. The van der Waals surface area contributed by atoms with Crippen molar-refractivity contribution in [3.8, 4) is 11.8 Å². The average molecular weight is 341 g/mol. The third-order valence-corrected chi connectivity index (χ3v) is 3.84. The quantitative estimate of drug-likeness (QED) is 0.861. The van der Waals surface area contributed by atoms with E-state index in [0.29, 0.717) is 18.5 Å². The van der Waals surface area contributed by atoms with E-state index in [1.807, 2.05) is 0 Å². The smallest absolute Gasteiger partial charge is 0.406 e. The highest BCUT2D eigenvalue weighted by Gasteiger charge is 2.33. The molecule has 0 spiro atoms. The molecule has 1 amide bonds. The summed E-state index contributed by atoms with van der Waals surface area (Å²) in [5, 5.41) is 14.9. The third kappa shape index (κ3) is 5.33. The number of halogens is 3. The Labute approximate surface area is 137 Å². The molecule has 0 bridgehead atoms. The highest BCUT2D eigenvalue weighted by molar-refractivity contribution is 5.81. The number of nitrogens with zero attached hydrogens (tertiary/aromatic N) is 1. The van der Waals surface area contributed by atoms with Crippen LogP contribution < -0.4 is 15.4 Å². The first-order valence-electron chi connectivity index (χ1n) is 7.64. The molecule has 1 aromatic carbocycles. The van der Waals surface area contributed by atoms with Crippen molar-refractivity contribution in [2.75, 3.05) is 11.9 Å². The van der Waals surface area contributed by atoms with E-state index in [-0.39, 0.29) is 18.2 Å². The minimum Gasteiger partial charge on any atom is -0.406 e. The number of hydrogen-bond donors (Lipinski definition) is 2. The SMILES string of the molecule is N#CC1(NC(=O)CNc2ccc(OC(F)(F)F)cc2)CCCCC1. The van der Waals surface area contributed by atoms with Gasteiger partial charge in [-0.2, -0.15) is 5.26 Å². The highest BCUT2D eigenvalue weighted by atomic mass is 19.4. The average Bonchev–Trinajstić information content (AvgIpc) is 2.54. The number of amides is 1. The number of carbonyl (C=O) groups excluding carboxylic acids is 1. The van der Waals surface area contributed by atoms with Crippen molar-refractivity contribution in [1.29, 1.82) is 5.26 Å². The topological polar surface area (TPSA) is 74.2 Å². The van der Waals surface area contributed by atoms with Crippen LogP contribution in [0.25, 0.3) is 0 Å². The van der Waals surface area contributed by atoms with Gasteiger partial charge in [0.25, 0.3) is 0 Å². The van der Waals surface area contributed by atoms with Crippen LogP contribution in [0, 0.1) is 11.3 Å². The monoisotopic (exact) mass is 341 g/mol. The number of nitrogens with one attached hydrogen (secondary N) is 2. The second-order valence-corrected chi connectivity index (χ2v) is 5.73. The van der Waals surface area contributed by atoms with E-state index in [0.717, 1.165) is 31.4 Å². The van der Waals surface area contributed by atoms with E-state index in [1.54, 1.807) is 0 Å². The molecular formula is C16H18F3N3O2. The van der Waals surface area contributed by atoms with Crippen molar-refractivity contribution in [2.45, 2.75) is 44.0 Å². The maximum Gasteiger partial charge on any atom is 0.573 e. The zero-order valence-corrected chi connectivity index (χ0v) is 12.9. The molecular weight excluding hydrogens is 323 g/mol. The second kappa shape index (κ2) is 7.43.